The van der Waals surface area contributed by atoms with Crippen molar-refractivity contribution in [2.24, 2.45) is 0 Å². The van der Waals surface area contributed by atoms with E-state index < -0.39 is 0 Å². The van der Waals surface area contributed by atoms with Crippen molar-refractivity contribution in [3.63, 3.8) is 0 Å². The molecule has 2 heterocycles. The van der Waals surface area contributed by atoms with E-state index >= 15 is 0 Å². The lowest BCUT2D eigenvalue weighted by Crippen LogP contribution is -2.16. The maximum Gasteiger partial charge on any atom is 0.343 e. The molecule has 2 aromatic heterocycles. The van der Waals surface area contributed by atoms with Gasteiger partial charge in [-0.3, -0.25) is 4.57 Å². The van der Waals surface area contributed by atoms with E-state index in [9.17, 15) is 4.79 Å². The van der Waals surface area contributed by atoms with E-state index in [0.717, 1.165) is 4.88 Å². The number of rotatable bonds is 4. The van der Waals surface area contributed by atoms with Crippen LogP contribution in [0.3, 0.4) is 0 Å². The van der Waals surface area contributed by atoms with Crippen LogP contribution in [0.4, 0.5) is 5.69 Å². The molecule has 5 nitrogen and oxygen atoms in total. The molecule has 22 heavy (non-hydrogen) atoms. The average Bonchev–Trinajstić information content (AvgIpc) is 3.10. The second kappa shape index (κ2) is 6.81. The Balaban J connectivity index is 0.00000176. The molecule has 0 bridgehead atoms. The Morgan fingerprint density at radius 2 is 1.91 bits per heavy atom. The van der Waals surface area contributed by atoms with E-state index in [1.807, 2.05) is 14.1 Å². The van der Waals surface area contributed by atoms with Gasteiger partial charge in [0, 0.05) is 29.5 Å². The molecule has 1 N–H and O–H groups in total. The first kappa shape index (κ1) is 16.3. The van der Waals surface area contributed by atoms with Crippen LogP contribution < -0.4 is 10.6 Å². The number of hydrogen-bond donors (Lipinski definition) is 1. The summed E-state index contributed by atoms with van der Waals surface area (Å²) in [5.41, 5.74) is 2.19. The summed E-state index contributed by atoms with van der Waals surface area (Å²) in [7, 11) is 4.06. The van der Waals surface area contributed by atoms with Gasteiger partial charge in [-0.2, -0.15) is 5.10 Å². The molecule has 0 saturated heterocycles. The van der Waals surface area contributed by atoms with Crippen molar-refractivity contribution in [2.45, 2.75) is 6.54 Å². The fourth-order valence-electron chi connectivity index (χ4n) is 2.09. The second-order valence-corrected chi connectivity index (χ2v) is 6.17. The molecule has 3 rings (SSSR count). The van der Waals surface area contributed by atoms with Gasteiger partial charge in [-0.25, -0.2) is 9.89 Å². The molecule has 0 saturated carbocycles. The maximum absolute atomic E-state index is 11.4. The van der Waals surface area contributed by atoms with Gasteiger partial charge in [-0.1, -0.05) is 12.1 Å². The van der Waals surface area contributed by atoms with E-state index in [1.165, 1.54) is 22.5 Å². The van der Waals surface area contributed by atoms with Gasteiger partial charge < -0.3 is 4.90 Å². The lowest BCUT2D eigenvalue weighted by Gasteiger charge is -2.12. The van der Waals surface area contributed by atoms with Crippen LogP contribution in [-0.2, 0) is 6.54 Å². The molecule has 3 aromatic rings. The summed E-state index contributed by atoms with van der Waals surface area (Å²) in [6.45, 7) is 0.551. The summed E-state index contributed by atoms with van der Waals surface area (Å²) < 4.78 is 1.56. The largest absolute Gasteiger partial charge is 0.378 e. The Kier molecular flexibility index (Phi) is 5.05. The van der Waals surface area contributed by atoms with Crippen LogP contribution in [0.1, 0.15) is 4.88 Å². The number of aromatic nitrogens is 3. The van der Waals surface area contributed by atoms with Gasteiger partial charge in [0.15, 0.2) is 0 Å². The topological polar surface area (TPSA) is 53.9 Å². The number of thiophene rings is 1. The molecule has 0 unspecified atom stereocenters. The summed E-state index contributed by atoms with van der Waals surface area (Å²) in [5.74, 6) is 0. The normalized spacial score (nSPS) is 10.3. The fraction of sp³-hybridized carbons (Fsp3) is 0.200. The van der Waals surface area contributed by atoms with Crippen molar-refractivity contribution in [3.05, 3.63) is 58.1 Å². The second-order valence-electron chi connectivity index (χ2n) is 5.00. The zero-order chi connectivity index (χ0) is 14.8. The molecule has 116 valence electrons. The number of hydrogen-bond acceptors (Lipinski definition) is 4. The third-order valence-electron chi connectivity index (χ3n) is 3.27. The van der Waals surface area contributed by atoms with Crippen molar-refractivity contribution in [1.29, 1.82) is 0 Å². The summed E-state index contributed by atoms with van der Waals surface area (Å²) in [4.78, 5) is 15.9. The van der Waals surface area contributed by atoms with Crippen LogP contribution in [-0.4, -0.2) is 28.9 Å². The van der Waals surface area contributed by atoms with Crippen LogP contribution in [0.5, 0.6) is 0 Å². The quantitative estimate of drug-likeness (QED) is 0.797. The first-order chi connectivity index (χ1) is 10.1. The Hall–Kier alpha value is -2.05. The van der Waals surface area contributed by atoms with Crippen LogP contribution in [0, 0.1) is 0 Å². The average molecular weight is 337 g/mol. The molecule has 0 radical (unpaired) electrons. The van der Waals surface area contributed by atoms with E-state index in [2.05, 4.69) is 51.5 Å². The number of H-pyrrole nitrogens is 1. The van der Waals surface area contributed by atoms with E-state index in [-0.39, 0.29) is 18.1 Å². The number of halogens is 1. The molecule has 7 heteroatoms. The number of nitrogens with zero attached hydrogens (tertiary/aromatic N) is 3. The minimum absolute atomic E-state index is 0. The van der Waals surface area contributed by atoms with Gasteiger partial charge in [0.2, 0.25) is 0 Å². The highest BCUT2D eigenvalue weighted by atomic mass is 35.5. The zero-order valence-corrected chi connectivity index (χ0v) is 13.9. The Morgan fingerprint density at radius 3 is 2.50 bits per heavy atom. The molecule has 0 aliphatic rings. The predicted molar refractivity (Wildman–Crippen MR) is 93.3 cm³/mol. The summed E-state index contributed by atoms with van der Waals surface area (Å²) in [5, 5.41) is 6.14. The van der Waals surface area contributed by atoms with Gasteiger partial charge >= 0.3 is 5.69 Å². The molecule has 0 aliphatic heterocycles. The lowest BCUT2D eigenvalue weighted by molar-refractivity contribution is 0.772. The van der Waals surface area contributed by atoms with Crippen LogP contribution in [0.15, 0.2) is 47.5 Å². The van der Waals surface area contributed by atoms with Crippen molar-refractivity contribution >= 4 is 29.4 Å². The van der Waals surface area contributed by atoms with Crippen molar-refractivity contribution in [1.82, 2.24) is 14.8 Å². The first-order valence-electron chi connectivity index (χ1n) is 6.60. The van der Waals surface area contributed by atoms with Gasteiger partial charge in [-0.05, 0) is 29.8 Å². The van der Waals surface area contributed by atoms with Crippen LogP contribution >= 0.6 is 23.7 Å². The maximum atomic E-state index is 11.4. The third kappa shape index (κ3) is 3.40. The zero-order valence-electron chi connectivity index (χ0n) is 12.3. The number of nitrogens with one attached hydrogen (secondary N) is 1. The van der Waals surface area contributed by atoms with Gasteiger partial charge in [-0.15, -0.1) is 23.7 Å². The van der Waals surface area contributed by atoms with E-state index in [1.54, 1.807) is 15.9 Å². The lowest BCUT2D eigenvalue weighted by atomic mass is 10.1. The number of anilines is 1. The molecule has 1 aromatic carbocycles. The summed E-state index contributed by atoms with van der Waals surface area (Å²) in [6.07, 6.45) is 1.52. The standard InChI is InChI=1S/C15H16N4OS.ClH/c1-18(2)12-5-3-11(4-6-12)14-8-7-13(21-14)9-19-10-16-17-15(19)20;/h3-8,10H,9H2,1-2H3,(H,17,20);1H. The predicted octanol–water partition coefficient (Wildman–Crippen LogP) is 2.84. The van der Waals surface area contributed by atoms with E-state index in [4.69, 9.17) is 0 Å². The Bertz CT molecular complexity index is 788. The fourth-order valence-corrected chi connectivity index (χ4v) is 3.11. The summed E-state index contributed by atoms with van der Waals surface area (Å²) >= 11 is 1.69. The number of benzene rings is 1. The molecule has 0 atom stereocenters. The van der Waals surface area contributed by atoms with Gasteiger partial charge in [0.1, 0.15) is 6.33 Å². The molecule has 0 amide bonds. The van der Waals surface area contributed by atoms with Crippen molar-refractivity contribution in [2.75, 3.05) is 19.0 Å². The Labute approximate surface area is 138 Å². The molecular weight excluding hydrogens is 320 g/mol. The minimum atomic E-state index is -0.180. The van der Waals surface area contributed by atoms with E-state index in [0.29, 0.717) is 6.54 Å². The molecule has 0 aliphatic carbocycles. The first-order valence-corrected chi connectivity index (χ1v) is 7.41. The molecule has 0 fully saturated rings. The SMILES string of the molecule is CN(C)c1ccc(-c2ccc(Cn3cn[nH]c3=O)s2)cc1.Cl. The summed E-state index contributed by atoms with van der Waals surface area (Å²) in [6, 6.07) is 12.6. The monoisotopic (exact) mass is 336 g/mol. The molecular formula is C15H17ClN4OS. The highest BCUT2D eigenvalue weighted by Crippen LogP contribution is 2.29. The highest BCUT2D eigenvalue weighted by Gasteiger charge is 2.05. The highest BCUT2D eigenvalue weighted by molar-refractivity contribution is 7.15. The van der Waals surface area contributed by atoms with Crippen molar-refractivity contribution < 1.29 is 0 Å². The minimum Gasteiger partial charge on any atom is -0.378 e. The van der Waals surface area contributed by atoms with Crippen molar-refractivity contribution in [3.8, 4) is 10.4 Å². The number of aromatic amines is 1. The van der Waals surface area contributed by atoms with Gasteiger partial charge in [0.25, 0.3) is 0 Å². The van der Waals surface area contributed by atoms with Crippen LogP contribution in [0.2, 0.25) is 0 Å². The Morgan fingerprint density at radius 1 is 1.18 bits per heavy atom. The molecule has 0 spiro atoms. The van der Waals surface area contributed by atoms with Gasteiger partial charge in [0.05, 0.1) is 6.54 Å². The van der Waals surface area contributed by atoms with Crippen LogP contribution in [0.25, 0.3) is 10.4 Å². The smallest absolute Gasteiger partial charge is 0.343 e. The third-order valence-corrected chi connectivity index (χ3v) is 4.39.